The molecule has 1 saturated carbocycles. The third-order valence-electron chi connectivity index (χ3n) is 6.40. The molecule has 31 heavy (non-hydrogen) atoms. The Bertz CT molecular complexity index is 1100. The number of aryl methyl sites for hydroxylation is 2. The van der Waals surface area contributed by atoms with Crippen LogP contribution in [0.1, 0.15) is 49.3 Å². The second kappa shape index (κ2) is 8.46. The molecular formula is C24H28N2O4S. The summed E-state index contributed by atoms with van der Waals surface area (Å²) in [7, 11) is -3.81. The number of hydrogen-bond donors (Lipinski definition) is 1. The average molecular weight is 441 g/mol. The lowest BCUT2D eigenvalue weighted by atomic mass is 9.81. The lowest BCUT2D eigenvalue weighted by Crippen LogP contribution is -2.30. The van der Waals surface area contributed by atoms with Crippen molar-refractivity contribution in [3.63, 3.8) is 0 Å². The number of nitrogens with one attached hydrogen (secondary N) is 1. The van der Waals surface area contributed by atoms with Gasteiger partial charge in [0.05, 0.1) is 23.3 Å². The molecule has 1 aliphatic heterocycles. The molecule has 2 amide bonds. The van der Waals surface area contributed by atoms with Crippen LogP contribution in [-0.4, -0.2) is 25.1 Å². The van der Waals surface area contributed by atoms with Gasteiger partial charge in [-0.15, -0.1) is 0 Å². The minimum atomic E-state index is -3.81. The van der Waals surface area contributed by atoms with E-state index in [9.17, 15) is 18.0 Å². The molecule has 2 aliphatic rings. The zero-order valence-corrected chi connectivity index (χ0v) is 18.7. The molecular weight excluding hydrogens is 412 g/mol. The van der Waals surface area contributed by atoms with E-state index in [1.165, 1.54) is 4.90 Å². The maximum atomic E-state index is 13.1. The van der Waals surface area contributed by atoms with Gasteiger partial charge in [0.2, 0.25) is 11.8 Å². The van der Waals surface area contributed by atoms with E-state index < -0.39 is 10.0 Å². The van der Waals surface area contributed by atoms with Gasteiger partial charge in [0.15, 0.2) is 0 Å². The molecule has 2 aromatic rings. The number of nitrogens with zero attached hydrogens (tertiary/aromatic N) is 1. The van der Waals surface area contributed by atoms with Crippen molar-refractivity contribution in [2.45, 2.75) is 57.4 Å². The van der Waals surface area contributed by atoms with Crippen molar-refractivity contribution in [3.8, 4) is 0 Å². The normalized spacial score (nSPS) is 21.3. The first-order valence-corrected chi connectivity index (χ1v) is 12.3. The number of imide groups is 1. The van der Waals surface area contributed by atoms with Crippen LogP contribution < -0.4 is 4.72 Å². The van der Waals surface area contributed by atoms with Gasteiger partial charge in [0, 0.05) is 5.69 Å². The van der Waals surface area contributed by atoms with Crippen LogP contribution in [0.15, 0.2) is 47.4 Å². The molecule has 7 heteroatoms. The molecule has 164 valence electrons. The topological polar surface area (TPSA) is 83.6 Å². The smallest absolute Gasteiger partial charge is 0.262 e. The molecule has 4 rings (SSSR count). The van der Waals surface area contributed by atoms with E-state index in [4.69, 9.17) is 0 Å². The van der Waals surface area contributed by atoms with Gasteiger partial charge in [0.25, 0.3) is 10.0 Å². The Balaban J connectivity index is 1.58. The lowest BCUT2D eigenvalue weighted by molar-refractivity contribution is -0.140. The Morgan fingerprint density at radius 3 is 2.29 bits per heavy atom. The van der Waals surface area contributed by atoms with E-state index in [1.54, 1.807) is 31.2 Å². The second-order valence-electron chi connectivity index (χ2n) is 8.52. The van der Waals surface area contributed by atoms with Crippen molar-refractivity contribution in [2.24, 2.45) is 11.8 Å². The van der Waals surface area contributed by atoms with E-state index in [2.05, 4.69) is 4.72 Å². The van der Waals surface area contributed by atoms with Gasteiger partial charge in [-0.25, -0.2) is 8.42 Å². The van der Waals surface area contributed by atoms with Crippen molar-refractivity contribution in [2.75, 3.05) is 4.72 Å². The number of fused-ring (bicyclic) bond motifs is 1. The van der Waals surface area contributed by atoms with E-state index >= 15 is 0 Å². The molecule has 0 aromatic heterocycles. The molecule has 2 atom stereocenters. The fourth-order valence-electron chi connectivity index (χ4n) is 4.67. The number of anilines is 1. The highest BCUT2D eigenvalue weighted by Crippen LogP contribution is 2.38. The number of amides is 2. The van der Waals surface area contributed by atoms with Crippen LogP contribution in [0.3, 0.4) is 0 Å². The summed E-state index contributed by atoms with van der Waals surface area (Å²) in [6.45, 7) is 3.86. The summed E-state index contributed by atoms with van der Waals surface area (Å²) < 4.78 is 28.8. The monoisotopic (exact) mass is 440 g/mol. The quantitative estimate of drug-likeness (QED) is 0.688. The predicted molar refractivity (Wildman–Crippen MR) is 119 cm³/mol. The van der Waals surface area contributed by atoms with Crippen molar-refractivity contribution in [1.82, 2.24) is 4.90 Å². The summed E-state index contributed by atoms with van der Waals surface area (Å²) in [5, 5.41) is 0. The molecule has 1 heterocycles. The third kappa shape index (κ3) is 4.24. The van der Waals surface area contributed by atoms with Crippen LogP contribution >= 0.6 is 0 Å². The SMILES string of the molecule is CCc1cccc(NS(=O)(=O)c2cc(CN3C(=O)C4CCCCC4C3=O)ccc2C)c1. The summed E-state index contributed by atoms with van der Waals surface area (Å²) in [5.41, 5.74) is 2.79. The van der Waals surface area contributed by atoms with Crippen LogP contribution in [0.5, 0.6) is 0 Å². The van der Waals surface area contributed by atoms with Gasteiger partial charge < -0.3 is 0 Å². The Labute approximate surface area is 183 Å². The predicted octanol–water partition coefficient (Wildman–Crippen LogP) is 4.03. The fourth-order valence-corrected chi connectivity index (χ4v) is 6.01. The van der Waals surface area contributed by atoms with E-state index in [0.717, 1.165) is 37.7 Å². The zero-order valence-electron chi connectivity index (χ0n) is 17.9. The van der Waals surface area contributed by atoms with Crippen LogP contribution in [0.25, 0.3) is 0 Å². The summed E-state index contributed by atoms with van der Waals surface area (Å²) in [4.78, 5) is 27.0. The van der Waals surface area contributed by atoms with Crippen LogP contribution in [0.4, 0.5) is 5.69 Å². The van der Waals surface area contributed by atoms with Gasteiger partial charge in [-0.1, -0.05) is 44.0 Å². The average Bonchev–Trinajstić information content (AvgIpc) is 3.00. The zero-order chi connectivity index (χ0) is 22.2. The van der Waals surface area contributed by atoms with Gasteiger partial charge in [-0.2, -0.15) is 0 Å². The highest BCUT2D eigenvalue weighted by Gasteiger charge is 2.47. The number of hydrogen-bond acceptors (Lipinski definition) is 4. The number of benzene rings is 2. The summed E-state index contributed by atoms with van der Waals surface area (Å²) in [5.74, 6) is -0.645. The molecule has 1 N–H and O–H groups in total. The molecule has 1 saturated heterocycles. The van der Waals surface area contributed by atoms with Gasteiger partial charge in [0.1, 0.15) is 0 Å². The molecule has 0 spiro atoms. The number of carbonyl (C=O) groups is 2. The minimum absolute atomic E-state index is 0.110. The first-order chi connectivity index (χ1) is 14.8. The van der Waals surface area contributed by atoms with E-state index in [-0.39, 0.29) is 35.1 Å². The Hall–Kier alpha value is -2.67. The molecule has 0 bridgehead atoms. The highest BCUT2D eigenvalue weighted by molar-refractivity contribution is 7.92. The van der Waals surface area contributed by atoms with Gasteiger partial charge in [-0.3, -0.25) is 19.2 Å². The molecule has 2 unspecified atom stereocenters. The van der Waals surface area contributed by atoms with E-state index in [0.29, 0.717) is 16.8 Å². The number of carbonyl (C=O) groups excluding carboxylic acids is 2. The Kier molecular flexibility index (Phi) is 5.88. The van der Waals surface area contributed by atoms with Gasteiger partial charge >= 0.3 is 0 Å². The van der Waals surface area contributed by atoms with E-state index in [1.807, 2.05) is 25.1 Å². The largest absolute Gasteiger partial charge is 0.280 e. The van der Waals surface area contributed by atoms with Crippen molar-refractivity contribution in [1.29, 1.82) is 0 Å². The first-order valence-electron chi connectivity index (χ1n) is 10.9. The van der Waals surface area contributed by atoms with Crippen LogP contribution in [0.2, 0.25) is 0 Å². The fraction of sp³-hybridized carbons (Fsp3) is 0.417. The Morgan fingerprint density at radius 1 is 0.968 bits per heavy atom. The van der Waals surface area contributed by atoms with Crippen molar-refractivity contribution in [3.05, 3.63) is 59.2 Å². The van der Waals surface area contributed by atoms with Crippen molar-refractivity contribution < 1.29 is 18.0 Å². The maximum absolute atomic E-state index is 13.1. The highest BCUT2D eigenvalue weighted by atomic mass is 32.2. The first kappa shape index (κ1) is 21.6. The second-order valence-corrected chi connectivity index (χ2v) is 10.2. The molecule has 2 fully saturated rings. The number of likely N-dealkylation sites (tertiary alicyclic amines) is 1. The van der Waals surface area contributed by atoms with Crippen molar-refractivity contribution >= 4 is 27.5 Å². The third-order valence-corrected chi connectivity index (χ3v) is 7.93. The lowest BCUT2D eigenvalue weighted by Gasteiger charge is -2.19. The summed E-state index contributed by atoms with van der Waals surface area (Å²) in [6, 6.07) is 12.4. The number of sulfonamides is 1. The number of rotatable bonds is 6. The maximum Gasteiger partial charge on any atom is 0.262 e. The van der Waals surface area contributed by atoms with Gasteiger partial charge in [-0.05, 0) is 61.1 Å². The van der Waals surface area contributed by atoms with Crippen LogP contribution in [-0.2, 0) is 32.6 Å². The standard InChI is InChI=1S/C24H28N2O4S/c1-3-17-7-6-8-19(13-17)25-31(29,30)22-14-18(12-11-16(22)2)15-26-23(27)20-9-4-5-10-21(20)24(26)28/h6-8,11-14,20-21,25H,3-5,9-10,15H2,1-2H3. The molecule has 6 nitrogen and oxygen atoms in total. The molecule has 2 aromatic carbocycles. The molecule has 1 aliphatic carbocycles. The minimum Gasteiger partial charge on any atom is -0.280 e. The molecule has 0 radical (unpaired) electrons. The summed E-state index contributed by atoms with van der Waals surface area (Å²) in [6.07, 6.45) is 4.29. The Morgan fingerprint density at radius 2 is 1.65 bits per heavy atom. The summed E-state index contributed by atoms with van der Waals surface area (Å²) >= 11 is 0. The van der Waals surface area contributed by atoms with Crippen LogP contribution in [0, 0.1) is 18.8 Å².